The molecule has 0 aliphatic heterocycles. The third-order valence-electron chi connectivity index (χ3n) is 4.21. The van der Waals surface area contributed by atoms with Crippen LogP contribution < -0.4 is 5.32 Å². The van der Waals surface area contributed by atoms with Crippen molar-refractivity contribution in [3.05, 3.63) is 90.1 Å². The van der Waals surface area contributed by atoms with Gasteiger partial charge in [0.15, 0.2) is 5.82 Å². The Morgan fingerprint density at radius 1 is 1.11 bits per heavy atom. The van der Waals surface area contributed by atoms with Crippen LogP contribution in [0.1, 0.15) is 16.8 Å². The van der Waals surface area contributed by atoms with E-state index < -0.39 is 0 Å². The second-order valence-corrected chi connectivity index (χ2v) is 6.28. The van der Waals surface area contributed by atoms with Crippen molar-refractivity contribution in [2.45, 2.75) is 13.5 Å². The number of anilines is 2. The molecular formula is C21H18N6. The number of aromatic nitrogens is 4. The fourth-order valence-electron chi connectivity index (χ4n) is 2.92. The molecule has 0 unspecified atom stereocenters. The van der Waals surface area contributed by atoms with E-state index in [0.717, 1.165) is 22.9 Å². The Morgan fingerprint density at radius 3 is 2.70 bits per heavy atom. The van der Waals surface area contributed by atoms with Gasteiger partial charge in [-0.2, -0.15) is 10.4 Å². The molecule has 4 rings (SSSR count). The van der Waals surface area contributed by atoms with E-state index in [4.69, 9.17) is 0 Å². The third-order valence-corrected chi connectivity index (χ3v) is 4.21. The first-order chi connectivity index (χ1) is 13.2. The molecule has 1 N–H and O–H groups in total. The van der Waals surface area contributed by atoms with Crippen molar-refractivity contribution >= 4 is 11.5 Å². The zero-order valence-corrected chi connectivity index (χ0v) is 14.9. The molecule has 2 aromatic carbocycles. The topological polar surface area (TPSA) is 71.5 Å². The fraction of sp³-hybridized carbons (Fsp3) is 0.0952. The SMILES string of the molecule is Cc1cn(-c2ccc(Nc3ccn(Cc4ccccc4)n3)cc2C#N)cn1. The summed E-state index contributed by atoms with van der Waals surface area (Å²) in [5.74, 6) is 0.737. The highest BCUT2D eigenvalue weighted by Gasteiger charge is 2.08. The summed E-state index contributed by atoms with van der Waals surface area (Å²) in [5.41, 5.74) is 4.29. The third kappa shape index (κ3) is 3.72. The standard InChI is InChI=1S/C21H18N6/c1-16-13-26(15-23-16)20-8-7-19(11-18(20)12-22)24-21-9-10-27(25-21)14-17-5-3-2-4-6-17/h2-11,13,15H,14H2,1H3,(H,24,25). The number of nitrogens with one attached hydrogen (secondary N) is 1. The van der Waals surface area contributed by atoms with Crippen molar-refractivity contribution < 1.29 is 0 Å². The van der Waals surface area contributed by atoms with Crippen LogP contribution in [0.15, 0.2) is 73.3 Å². The van der Waals surface area contributed by atoms with Crippen molar-refractivity contribution in [2.75, 3.05) is 5.32 Å². The van der Waals surface area contributed by atoms with Crippen molar-refractivity contribution in [3.8, 4) is 11.8 Å². The van der Waals surface area contributed by atoms with Gasteiger partial charge >= 0.3 is 0 Å². The summed E-state index contributed by atoms with van der Waals surface area (Å²) < 4.78 is 3.73. The molecular weight excluding hydrogens is 336 g/mol. The number of imidazole rings is 1. The molecule has 132 valence electrons. The monoisotopic (exact) mass is 354 g/mol. The quantitative estimate of drug-likeness (QED) is 0.587. The molecule has 2 heterocycles. The first-order valence-corrected chi connectivity index (χ1v) is 8.61. The lowest BCUT2D eigenvalue weighted by atomic mass is 10.1. The number of benzene rings is 2. The minimum atomic E-state index is 0.570. The van der Waals surface area contributed by atoms with Crippen LogP contribution in [0, 0.1) is 18.3 Å². The van der Waals surface area contributed by atoms with Crippen LogP contribution in [0.3, 0.4) is 0 Å². The van der Waals surface area contributed by atoms with E-state index in [0.29, 0.717) is 12.1 Å². The van der Waals surface area contributed by atoms with E-state index in [1.165, 1.54) is 5.56 Å². The molecule has 27 heavy (non-hydrogen) atoms. The summed E-state index contributed by atoms with van der Waals surface area (Å²) in [4.78, 5) is 4.22. The molecule has 6 heteroatoms. The Hall–Kier alpha value is -3.85. The molecule has 0 aliphatic rings. The number of aryl methyl sites for hydroxylation is 1. The average Bonchev–Trinajstić information content (AvgIpc) is 3.31. The van der Waals surface area contributed by atoms with E-state index in [1.54, 1.807) is 6.33 Å². The van der Waals surface area contributed by atoms with Gasteiger partial charge in [-0.15, -0.1) is 0 Å². The van der Waals surface area contributed by atoms with Gasteiger partial charge in [-0.3, -0.25) is 4.68 Å². The lowest BCUT2D eigenvalue weighted by Crippen LogP contribution is -2.01. The minimum absolute atomic E-state index is 0.570. The molecule has 6 nitrogen and oxygen atoms in total. The van der Waals surface area contributed by atoms with Crippen LogP contribution >= 0.6 is 0 Å². The van der Waals surface area contributed by atoms with Crippen LogP contribution in [0.5, 0.6) is 0 Å². The molecule has 0 spiro atoms. The number of rotatable bonds is 5. The van der Waals surface area contributed by atoms with Crippen molar-refractivity contribution in [1.29, 1.82) is 5.26 Å². The normalized spacial score (nSPS) is 10.5. The molecule has 0 atom stereocenters. The first-order valence-electron chi connectivity index (χ1n) is 8.61. The van der Waals surface area contributed by atoms with Gasteiger partial charge < -0.3 is 9.88 Å². The Labute approximate surface area is 157 Å². The Bertz CT molecular complexity index is 1100. The summed E-state index contributed by atoms with van der Waals surface area (Å²) in [7, 11) is 0. The Balaban J connectivity index is 1.52. The highest BCUT2D eigenvalue weighted by Crippen LogP contribution is 2.22. The zero-order valence-electron chi connectivity index (χ0n) is 14.9. The maximum absolute atomic E-state index is 9.51. The molecule has 0 radical (unpaired) electrons. The summed E-state index contributed by atoms with van der Waals surface area (Å²) in [6.45, 7) is 2.63. The molecule has 0 saturated heterocycles. The summed E-state index contributed by atoms with van der Waals surface area (Å²) in [5, 5.41) is 17.3. The van der Waals surface area contributed by atoms with Gasteiger partial charge in [-0.05, 0) is 30.7 Å². The molecule has 0 aliphatic carbocycles. The van der Waals surface area contributed by atoms with Gasteiger partial charge in [0.25, 0.3) is 0 Å². The number of hydrogen-bond donors (Lipinski definition) is 1. The lowest BCUT2D eigenvalue weighted by molar-refractivity contribution is 0.690. The molecule has 2 aromatic heterocycles. The van der Waals surface area contributed by atoms with Gasteiger partial charge in [0.1, 0.15) is 6.07 Å². The maximum Gasteiger partial charge on any atom is 0.152 e. The molecule has 4 aromatic rings. The van der Waals surface area contributed by atoms with Gasteiger partial charge in [-0.25, -0.2) is 4.98 Å². The van der Waals surface area contributed by atoms with Crippen LogP contribution in [-0.2, 0) is 6.54 Å². The average molecular weight is 354 g/mol. The molecule has 0 fully saturated rings. The van der Waals surface area contributed by atoms with E-state index in [2.05, 4.69) is 33.6 Å². The Morgan fingerprint density at radius 2 is 1.96 bits per heavy atom. The van der Waals surface area contributed by atoms with Crippen LogP contribution in [0.2, 0.25) is 0 Å². The maximum atomic E-state index is 9.51. The van der Waals surface area contributed by atoms with E-state index in [9.17, 15) is 5.26 Å². The molecule has 0 saturated carbocycles. The number of nitriles is 1. The summed E-state index contributed by atoms with van der Waals surface area (Å²) >= 11 is 0. The second kappa shape index (κ2) is 7.18. The predicted octanol–water partition coefficient (Wildman–Crippen LogP) is 4.04. The largest absolute Gasteiger partial charge is 0.339 e. The summed E-state index contributed by atoms with van der Waals surface area (Å²) in [6, 6.07) is 20.0. The fourth-order valence-corrected chi connectivity index (χ4v) is 2.92. The predicted molar refractivity (Wildman–Crippen MR) is 104 cm³/mol. The zero-order chi connectivity index (χ0) is 18.6. The van der Waals surface area contributed by atoms with E-state index >= 15 is 0 Å². The lowest BCUT2D eigenvalue weighted by Gasteiger charge is -2.08. The highest BCUT2D eigenvalue weighted by molar-refractivity contribution is 5.63. The van der Waals surface area contributed by atoms with Crippen LogP contribution in [0.25, 0.3) is 5.69 Å². The highest BCUT2D eigenvalue weighted by atomic mass is 15.3. The second-order valence-electron chi connectivity index (χ2n) is 6.28. The Kier molecular flexibility index (Phi) is 4.42. The van der Waals surface area contributed by atoms with Gasteiger partial charge in [0, 0.05) is 24.1 Å². The summed E-state index contributed by atoms with van der Waals surface area (Å²) in [6.07, 6.45) is 5.54. The number of nitrogens with zero attached hydrogens (tertiary/aromatic N) is 5. The van der Waals surface area contributed by atoms with Crippen LogP contribution in [-0.4, -0.2) is 19.3 Å². The van der Waals surface area contributed by atoms with E-state index in [-0.39, 0.29) is 0 Å². The van der Waals surface area contributed by atoms with Gasteiger partial charge in [0.2, 0.25) is 0 Å². The smallest absolute Gasteiger partial charge is 0.152 e. The van der Waals surface area contributed by atoms with Crippen molar-refractivity contribution in [3.63, 3.8) is 0 Å². The van der Waals surface area contributed by atoms with Crippen molar-refractivity contribution in [2.24, 2.45) is 0 Å². The van der Waals surface area contributed by atoms with Gasteiger partial charge in [0.05, 0.1) is 29.8 Å². The molecule has 0 amide bonds. The molecule has 0 bridgehead atoms. The van der Waals surface area contributed by atoms with Gasteiger partial charge in [-0.1, -0.05) is 30.3 Å². The first kappa shape index (κ1) is 16.6. The minimum Gasteiger partial charge on any atom is -0.339 e. The number of hydrogen-bond acceptors (Lipinski definition) is 4. The van der Waals surface area contributed by atoms with Crippen LogP contribution in [0.4, 0.5) is 11.5 Å². The van der Waals surface area contributed by atoms with E-state index in [1.807, 2.05) is 71.0 Å². The van der Waals surface area contributed by atoms with Crippen molar-refractivity contribution in [1.82, 2.24) is 19.3 Å².